The molecule has 0 aliphatic carbocycles. The van der Waals surface area contributed by atoms with E-state index in [1.165, 1.54) is 4.80 Å². The normalized spacial score (nSPS) is 12.4. The second-order valence-corrected chi connectivity index (χ2v) is 9.94. The van der Waals surface area contributed by atoms with Crippen molar-refractivity contribution < 1.29 is 9.90 Å². The summed E-state index contributed by atoms with van der Waals surface area (Å²) in [5, 5.41) is 20.7. The van der Waals surface area contributed by atoms with Crippen LogP contribution in [0.4, 0.5) is 0 Å². The summed E-state index contributed by atoms with van der Waals surface area (Å²) in [6.45, 7) is 10.6. The van der Waals surface area contributed by atoms with Crippen LogP contribution in [0.5, 0.6) is 5.75 Å². The molecular weight excluding hydrogens is 402 g/mol. The van der Waals surface area contributed by atoms with Crippen molar-refractivity contribution in [2.75, 3.05) is 0 Å². The number of aromatic hydroxyl groups is 1. The number of phenols is 1. The predicted octanol–water partition coefficient (Wildman–Crippen LogP) is 4.03. The Balaban J connectivity index is 2.20. The van der Waals surface area contributed by atoms with Crippen LogP contribution in [-0.4, -0.2) is 26.0 Å². The van der Waals surface area contributed by atoms with Crippen molar-refractivity contribution in [3.05, 3.63) is 46.5 Å². The molecule has 30 heavy (non-hydrogen) atoms. The zero-order chi connectivity index (χ0) is 22.3. The second-order valence-electron chi connectivity index (χ2n) is 9.50. The number of hydrazine groups is 1. The van der Waals surface area contributed by atoms with Crippen LogP contribution in [0.15, 0.2) is 30.3 Å². The molecule has 0 spiro atoms. The van der Waals surface area contributed by atoms with E-state index in [1.807, 2.05) is 6.07 Å². The molecule has 0 unspecified atom stereocenters. The third-order valence-corrected chi connectivity index (χ3v) is 5.17. The van der Waals surface area contributed by atoms with Gasteiger partial charge in [0.2, 0.25) is 5.91 Å². The standard InChI is InChI=1S/C22H28ClN5O2/c1-21(2,3)12-22(4,5)15-8-13(10-19(29)25-24)9-18(20(15)30)28-26-16-7-6-14(23)11-17(16)27-28/h6-9,11,30H,10,12,24H2,1-5H3,(H,25,29). The van der Waals surface area contributed by atoms with E-state index >= 15 is 0 Å². The molecule has 160 valence electrons. The summed E-state index contributed by atoms with van der Waals surface area (Å²) in [6, 6.07) is 8.80. The fourth-order valence-electron chi connectivity index (χ4n) is 4.10. The van der Waals surface area contributed by atoms with Gasteiger partial charge in [0.1, 0.15) is 22.5 Å². The maximum absolute atomic E-state index is 11.9. The molecule has 0 fully saturated rings. The Bertz CT molecular complexity index is 1100. The Labute approximate surface area is 181 Å². The highest BCUT2D eigenvalue weighted by atomic mass is 35.5. The first kappa shape index (κ1) is 22.1. The minimum atomic E-state index is -0.359. The molecule has 0 saturated heterocycles. The Morgan fingerprint density at radius 2 is 1.80 bits per heavy atom. The Hall–Kier alpha value is -2.64. The van der Waals surface area contributed by atoms with Gasteiger partial charge in [-0.25, -0.2) is 5.84 Å². The largest absolute Gasteiger partial charge is 0.505 e. The Kier molecular flexibility index (Phi) is 5.80. The number of carbonyl (C=O) groups excluding carboxylic acids is 1. The zero-order valence-electron chi connectivity index (χ0n) is 18.0. The van der Waals surface area contributed by atoms with Crippen molar-refractivity contribution in [3.63, 3.8) is 0 Å². The van der Waals surface area contributed by atoms with Gasteiger partial charge in [-0.15, -0.1) is 15.0 Å². The van der Waals surface area contributed by atoms with Crippen LogP contribution in [0.3, 0.4) is 0 Å². The molecule has 8 heteroatoms. The highest BCUT2D eigenvalue weighted by Crippen LogP contribution is 2.42. The Morgan fingerprint density at radius 1 is 1.13 bits per heavy atom. The van der Waals surface area contributed by atoms with Gasteiger partial charge >= 0.3 is 0 Å². The summed E-state index contributed by atoms with van der Waals surface area (Å²) >= 11 is 6.07. The van der Waals surface area contributed by atoms with Gasteiger partial charge in [-0.05, 0) is 47.1 Å². The van der Waals surface area contributed by atoms with Crippen LogP contribution in [0.2, 0.25) is 5.02 Å². The van der Waals surface area contributed by atoms with Gasteiger partial charge in [0.15, 0.2) is 0 Å². The van der Waals surface area contributed by atoms with E-state index in [4.69, 9.17) is 17.4 Å². The average molecular weight is 430 g/mol. The number of hydrogen-bond donors (Lipinski definition) is 3. The SMILES string of the molecule is CC(C)(C)CC(C)(C)c1cc(CC(=O)NN)cc(-n2nc3ccc(Cl)cc3n2)c1O. The van der Waals surface area contributed by atoms with Gasteiger partial charge in [-0.3, -0.25) is 10.2 Å². The number of nitrogens with zero attached hydrogens (tertiary/aromatic N) is 3. The zero-order valence-corrected chi connectivity index (χ0v) is 18.7. The van der Waals surface area contributed by atoms with Gasteiger partial charge in [0.05, 0.1) is 6.42 Å². The van der Waals surface area contributed by atoms with Crippen molar-refractivity contribution >= 4 is 28.5 Å². The minimum Gasteiger partial charge on any atom is -0.505 e. The van der Waals surface area contributed by atoms with E-state index in [2.05, 4.69) is 50.2 Å². The van der Waals surface area contributed by atoms with E-state index in [1.54, 1.807) is 24.3 Å². The van der Waals surface area contributed by atoms with Crippen LogP contribution in [0, 0.1) is 5.41 Å². The molecule has 0 aliphatic rings. The van der Waals surface area contributed by atoms with E-state index in [-0.39, 0.29) is 28.9 Å². The highest BCUT2D eigenvalue weighted by Gasteiger charge is 2.31. The number of nitrogens with two attached hydrogens (primary N) is 1. The molecule has 0 saturated carbocycles. The summed E-state index contributed by atoms with van der Waals surface area (Å²) in [7, 11) is 0. The molecule has 0 radical (unpaired) electrons. The number of carbonyl (C=O) groups is 1. The van der Waals surface area contributed by atoms with Crippen LogP contribution in [-0.2, 0) is 16.6 Å². The molecule has 0 bridgehead atoms. The van der Waals surface area contributed by atoms with Crippen molar-refractivity contribution in [1.82, 2.24) is 20.4 Å². The smallest absolute Gasteiger partial charge is 0.238 e. The number of fused-ring (bicyclic) bond motifs is 1. The van der Waals surface area contributed by atoms with Gasteiger partial charge in [0, 0.05) is 10.6 Å². The van der Waals surface area contributed by atoms with Crippen LogP contribution < -0.4 is 11.3 Å². The lowest BCUT2D eigenvalue weighted by Gasteiger charge is -2.34. The first-order chi connectivity index (χ1) is 13.9. The molecule has 1 heterocycles. The Morgan fingerprint density at radius 3 is 2.43 bits per heavy atom. The lowest BCUT2D eigenvalue weighted by molar-refractivity contribution is -0.120. The number of aromatic nitrogens is 3. The average Bonchev–Trinajstić information content (AvgIpc) is 3.03. The number of benzene rings is 2. The van der Waals surface area contributed by atoms with E-state index < -0.39 is 0 Å². The summed E-state index contributed by atoms with van der Waals surface area (Å²) in [5.74, 6) is 5.05. The quantitative estimate of drug-likeness (QED) is 0.322. The number of rotatable bonds is 5. The van der Waals surface area contributed by atoms with E-state index in [0.29, 0.717) is 27.3 Å². The summed E-state index contributed by atoms with van der Waals surface area (Å²) in [5.41, 5.74) is 4.95. The number of nitrogens with one attached hydrogen (secondary N) is 1. The van der Waals surface area contributed by atoms with Crippen molar-refractivity contribution in [1.29, 1.82) is 0 Å². The lowest BCUT2D eigenvalue weighted by atomic mass is 9.71. The lowest BCUT2D eigenvalue weighted by Crippen LogP contribution is -2.31. The maximum Gasteiger partial charge on any atom is 0.238 e. The topological polar surface area (TPSA) is 106 Å². The van der Waals surface area contributed by atoms with Gasteiger partial charge in [0.25, 0.3) is 0 Å². The molecule has 7 nitrogen and oxygen atoms in total. The fraction of sp³-hybridized carbons (Fsp3) is 0.409. The van der Waals surface area contributed by atoms with Crippen LogP contribution in [0.1, 0.15) is 52.2 Å². The third-order valence-electron chi connectivity index (χ3n) is 4.93. The number of halogens is 1. The molecule has 1 amide bonds. The maximum atomic E-state index is 11.9. The van der Waals surface area contributed by atoms with Crippen molar-refractivity contribution in [2.45, 2.75) is 52.9 Å². The first-order valence-corrected chi connectivity index (χ1v) is 10.2. The number of amides is 1. The molecular formula is C22H28ClN5O2. The third kappa shape index (κ3) is 4.74. The predicted molar refractivity (Wildman–Crippen MR) is 119 cm³/mol. The van der Waals surface area contributed by atoms with Crippen molar-refractivity contribution in [2.24, 2.45) is 11.3 Å². The number of hydrogen-bond acceptors (Lipinski definition) is 5. The van der Waals surface area contributed by atoms with Gasteiger partial charge in [-0.2, -0.15) is 0 Å². The van der Waals surface area contributed by atoms with Crippen LogP contribution in [0.25, 0.3) is 16.7 Å². The number of phenolic OH excluding ortho intramolecular Hbond substituents is 1. The van der Waals surface area contributed by atoms with Gasteiger partial charge in [-0.1, -0.05) is 52.3 Å². The molecule has 3 aromatic rings. The summed E-state index contributed by atoms with van der Waals surface area (Å²) in [4.78, 5) is 13.3. The molecule has 0 aliphatic heterocycles. The first-order valence-electron chi connectivity index (χ1n) is 9.78. The minimum absolute atomic E-state index is 0.0378. The summed E-state index contributed by atoms with van der Waals surface area (Å²) in [6.07, 6.45) is 0.901. The molecule has 1 aromatic heterocycles. The van der Waals surface area contributed by atoms with E-state index in [0.717, 1.165) is 12.0 Å². The highest BCUT2D eigenvalue weighted by molar-refractivity contribution is 6.31. The fourth-order valence-corrected chi connectivity index (χ4v) is 4.27. The second kappa shape index (κ2) is 7.89. The monoisotopic (exact) mass is 429 g/mol. The molecule has 3 rings (SSSR count). The molecule has 2 aromatic carbocycles. The molecule has 4 N–H and O–H groups in total. The van der Waals surface area contributed by atoms with Gasteiger partial charge < -0.3 is 5.11 Å². The van der Waals surface area contributed by atoms with Crippen molar-refractivity contribution in [3.8, 4) is 11.4 Å². The van der Waals surface area contributed by atoms with E-state index in [9.17, 15) is 9.90 Å². The molecule has 0 atom stereocenters. The van der Waals surface area contributed by atoms with Crippen LogP contribution >= 0.6 is 11.6 Å². The summed E-state index contributed by atoms with van der Waals surface area (Å²) < 4.78 is 0.